The summed E-state index contributed by atoms with van der Waals surface area (Å²) in [5.41, 5.74) is 0.762. The van der Waals surface area contributed by atoms with Crippen LogP contribution in [0.25, 0.3) is 10.8 Å². The summed E-state index contributed by atoms with van der Waals surface area (Å²) in [6.07, 6.45) is 6.72. The minimum atomic E-state index is -0.546. The van der Waals surface area contributed by atoms with Crippen LogP contribution in [0.15, 0.2) is 102 Å². The SMILES string of the molecule is C\C=C/C=C(\C=C/S)C(=O)Oc1cccc2cccc(OC(=O)c3ccccc3)c12. The number of thiol groups is 1. The third kappa shape index (κ3) is 5.07. The van der Waals surface area contributed by atoms with Crippen LogP contribution in [-0.2, 0) is 4.79 Å². The quantitative estimate of drug-likeness (QED) is 0.178. The number of esters is 2. The molecule has 0 bridgehead atoms. The summed E-state index contributed by atoms with van der Waals surface area (Å²) in [6, 6.07) is 19.3. The maximum atomic E-state index is 12.7. The molecule has 0 heterocycles. The van der Waals surface area contributed by atoms with Crippen molar-refractivity contribution >= 4 is 35.3 Å². The van der Waals surface area contributed by atoms with E-state index in [0.29, 0.717) is 28.0 Å². The van der Waals surface area contributed by atoms with Crippen LogP contribution in [0.4, 0.5) is 0 Å². The van der Waals surface area contributed by atoms with Gasteiger partial charge in [0.1, 0.15) is 11.5 Å². The highest BCUT2D eigenvalue weighted by Gasteiger charge is 2.16. The molecule has 0 aromatic heterocycles. The molecule has 0 saturated heterocycles. The highest BCUT2D eigenvalue weighted by molar-refractivity contribution is 7.83. The molecule has 0 aliphatic heterocycles. The maximum absolute atomic E-state index is 12.7. The summed E-state index contributed by atoms with van der Waals surface area (Å²) < 4.78 is 11.3. The molecule has 0 aliphatic carbocycles. The van der Waals surface area contributed by atoms with E-state index in [1.54, 1.807) is 72.8 Å². The van der Waals surface area contributed by atoms with Crippen molar-refractivity contribution in [2.75, 3.05) is 0 Å². The van der Waals surface area contributed by atoms with Gasteiger partial charge in [0.05, 0.1) is 16.5 Å². The standard InChI is InChI=1S/C25H20O4S/c1-2-3-9-20(16-17-30)25(27)29-22-15-8-13-18-12-7-14-21(23(18)22)28-24(26)19-10-5-4-6-11-19/h2-17,30H,1H3/b3-2-,17-16-,20-9+. The van der Waals surface area contributed by atoms with Crippen molar-refractivity contribution in [2.24, 2.45) is 0 Å². The van der Waals surface area contributed by atoms with Crippen LogP contribution in [0, 0.1) is 0 Å². The second kappa shape index (κ2) is 10.3. The molecule has 0 aliphatic rings. The Hall–Kier alpha value is -3.57. The van der Waals surface area contributed by atoms with Gasteiger partial charge in [0, 0.05) is 0 Å². The van der Waals surface area contributed by atoms with Gasteiger partial charge in [0.25, 0.3) is 0 Å². The lowest BCUT2D eigenvalue weighted by molar-refractivity contribution is -0.129. The molecule has 0 radical (unpaired) electrons. The number of hydrogen-bond donors (Lipinski definition) is 1. The fourth-order valence-corrected chi connectivity index (χ4v) is 2.97. The number of hydrogen-bond acceptors (Lipinski definition) is 5. The molecule has 3 rings (SSSR count). The van der Waals surface area contributed by atoms with E-state index >= 15 is 0 Å². The van der Waals surface area contributed by atoms with Gasteiger partial charge in [-0.05, 0) is 54.1 Å². The molecule has 0 N–H and O–H groups in total. The predicted molar refractivity (Wildman–Crippen MR) is 122 cm³/mol. The van der Waals surface area contributed by atoms with Crippen molar-refractivity contribution < 1.29 is 19.1 Å². The van der Waals surface area contributed by atoms with Crippen molar-refractivity contribution in [3.63, 3.8) is 0 Å². The van der Waals surface area contributed by atoms with E-state index in [1.165, 1.54) is 5.41 Å². The Morgan fingerprint density at radius 3 is 2.17 bits per heavy atom. The Kier molecular flexibility index (Phi) is 7.24. The molecule has 0 saturated carbocycles. The summed E-state index contributed by atoms with van der Waals surface area (Å²) in [6.45, 7) is 1.85. The molecular weight excluding hydrogens is 396 g/mol. The Balaban J connectivity index is 1.98. The molecule has 0 fully saturated rings. The Morgan fingerprint density at radius 2 is 1.53 bits per heavy atom. The fourth-order valence-electron chi connectivity index (χ4n) is 2.81. The first-order valence-corrected chi connectivity index (χ1v) is 9.80. The predicted octanol–water partition coefficient (Wildman–Crippen LogP) is 5.91. The van der Waals surface area contributed by atoms with Crippen LogP contribution in [0.2, 0.25) is 0 Å². The Morgan fingerprint density at radius 1 is 0.867 bits per heavy atom. The molecule has 0 unspecified atom stereocenters. The average molecular weight is 416 g/mol. The molecule has 30 heavy (non-hydrogen) atoms. The van der Waals surface area contributed by atoms with Crippen LogP contribution >= 0.6 is 12.6 Å². The van der Waals surface area contributed by atoms with E-state index in [-0.39, 0.29) is 0 Å². The largest absolute Gasteiger partial charge is 0.422 e. The van der Waals surface area contributed by atoms with Crippen LogP contribution in [-0.4, -0.2) is 11.9 Å². The normalized spacial score (nSPS) is 11.9. The lowest BCUT2D eigenvalue weighted by atomic mass is 10.1. The third-order valence-corrected chi connectivity index (χ3v) is 4.35. The molecule has 3 aromatic carbocycles. The number of carbonyl (C=O) groups excluding carboxylic acids is 2. The van der Waals surface area contributed by atoms with Crippen molar-refractivity contribution in [3.05, 3.63) is 108 Å². The van der Waals surface area contributed by atoms with Gasteiger partial charge in [-0.1, -0.05) is 54.6 Å². The van der Waals surface area contributed by atoms with Gasteiger partial charge < -0.3 is 9.47 Å². The monoisotopic (exact) mass is 416 g/mol. The highest BCUT2D eigenvalue weighted by atomic mass is 32.1. The van der Waals surface area contributed by atoms with Crippen molar-refractivity contribution in [1.29, 1.82) is 0 Å². The highest BCUT2D eigenvalue weighted by Crippen LogP contribution is 2.35. The molecule has 0 atom stereocenters. The lowest BCUT2D eigenvalue weighted by Gasteiger charge is -2.12. The maximum Gasteiger partial charge on any atom is 0.343 e. The summed E-state index contributed by atoms with van der Waals surface area (Å²) in [4.78, 5) is 25.2. The van der Waals surface area contributed by atoms with Crippen LogP contribution in [0.3, 0.4) is 0 Å². The molecular formula is C25H20O4S. The fraction of sp³-hybridized carbons (Fsp3) is 0.0400. The van der Waals surface area contributed by atoms with E-state index in [9.17, 15) is 9.59 Å². The number of allylic oxidation sites excluding steroid dienone is 3. The van der Waals surface area contributed by atoms with Gasteiger partial charge in [0.15, 0.2) is 0 Å². The number of rotatable bonds is 6. The van der Waals surface area contributed by atoms with Crippen molar-refractivity contribution in [3.8, 4) is 11.5 Å². The van der Waals surface area contributed by atoms with Gasteiger partial charge >= 0.3 is 11.9 Å². The van der Waals surface area contributed by atoms with E-state index in [4.69, 9.17) is 9.47 Å². The van der Waals surface area contributed by atoms with Crippen LogP contribution in [0.5, 0.6) is 11.5 Å². The first-order chi connectivity index (χ1) is 14.6. The zero-order chi connectivity index (χ0) is 21.3. The Bertz CT molecular complexity index is 1140. The number of ether oxygens (including phenoxy) is 2. The molecule has 3 aromatic rings. The number of fused-ring (bicyclic) bond motifs is 1. The Labute approximate surface area is 180 Å². The zero-order valence-electron chi connectivity index (χ0n) is 16.3. The van der Waals surface area contributed by atoms with Gasteiger partial charge in [-0.15, -0.1) is 0 Å². The second-order valence-electron chi connectivity index (χ2n) is 6.22. The minimum Gasteiger partial charge on any atom is -0.422 e. The second-order valence-corrected chi connectivity index (χ2v) is 6.52. The van der Waals surface area contributed by atoms with E-state index < -0.39 is 11.9 Å². The summed E-state index contributed by atoms with van der Waals surface area (Å²) in [7, 11) is 0. The molecule has 0 amide bonds. The molecule has 5 heteroatoms. The van der Waals surface area contributed by atoms with Gasteiger partial charge in [-0.3, -0.25) is 0 Å². The number of carbonyl (C=O) groups is 2. The summed E-state index contributed by atoms with van der Waals surface area (Å²) in [5, 5.41) is 2.78. The first-order valence-electron chi connectivity index (χ1n) is 9.29. The molecule has 150 valence electrons. The zero-order valence-corrected chi connectivity index (χ0v) is 17.2. The average Bonchev–Trinajstić information content (AvgIpc) is 2.77. The third-order valence-electron chi connectivity index (χ3n) is 4.20. The van der Waals surface area contributed by atoms with Crippen LogP contribution in [0.1, 0.15) is 17.3 Å². The van der Waals surface area contributed by atoms with E-state index in [0.717, 1.165) is 5.39 Å². The van der Waals surface area contributed by atoms with Gasteiger partial charge in [-0.25, -0.2) is 9.59 Å². The molecule has 4 nitrogen and oxygen atoms in total. The van der Waals surface area contributed by atoms with Crippen LogP contribution < -0.4 is 9.47 Å². The smallest absolute Gasteiger partial charge is 0.343 e. The van der Waals surface area contributed by atoms with E-state index in [2.05, 4.69) is 12.6 Å². The lowest BCUT2D eigenvalue weighted by Crippen LogP contribution is -2.11. The summed E-state index contributed by atoms with van der Waals surface area (Å²) in [5.74, 6) is -0.424. The van der Waals surface area contributed by atoms with Crippen molar-refractivity contribution in [2.45, 2.75) is 6.92 Å². The number of benzene rings is 3. The van der Waals surface area contributed by atoms with E-state index in [1.807, 2.05) is 25.1 Å². The molecule has 0 spiro atoms. The first kappa shape index (κ1) is 21.1. The summed E-state index contributed by atoms with van der Waals surface area (Å²) >= 11 is 4.04. The van der Waals surface area contributed by atoms with Gasteiger partial charge in [0.2, 0.25) is 0 Å². The minimum absolute atomic E-state index is 0.299. The van der Waals surface area contributed by atoms with Crippen molar-refractivity contribution in [1.82, 2.24) is 0 Å². The van der Waals surface area contributed by atoms with Gasteiger partial charge in [-0.2, -0.15) is 12.6 Å². The topological polar surface area (TPSA) is 52.6 Å².